The predicted molar refractivity (Wildman–Crippen MR) is 41.6 cm³/mol. The number of aromatic nitrogens is 2. The Kier molecular flexibility index (Phi) is 1.94. The van der Waals surface area contributed by atoms with E-state index in [0.717, 1.165) is 5.69 Å². The highest BCUT2D eigenvalue weighted by Gasteiger charge is 2.00. The topological polar surface area (TPSA) is 29.9 Å². The fourth-order valence-electron chi connectivity index (χ4n) is 0.770. The second-order valence-corrected chi connectivity index (χ2v) is 2.56. The molecule has 0 atom stereocenters. The zero-order valence-electron chi connectivity index (χ0n) is 6.63. The van der Waals surface area contributed by atoms with Crippen LogP contribution in [-0.4, -0.2) is 16.9 Å². The smallest absolute Gasteiger partial charge is 0.0670 e. The largest absolute Gasteiger partial charge is 0.313 e. The lowest BCUT2D eigenvalue weighted by Gasteiger charge is -1.98. The molecule has 1 N–H and O–H groups in total. The summed E-state index contributed by atoms with van der Waals surface area (Å²) >= 11 is 0. The Labute approximate surface area is 61.0 Å². The van der Waals surface area contributed by atoms with Crippen LogP contribution in [0.4, 0.5) is 0 Å². The summed E-state index contributed by atoms with van der Waals surface area (Å²) in [7, 11) is 1.84. The van der Waals surface area contributed by atoms with Crippen LogP contribution in [0.3, 0.4) is 0 Å². The van der Waals surface area contributed by atoms with Gasteiger partial charge < -0.3 is 5.43 Å². The number of hydrogen-bond acceptors (Lipinski definition) is 2. The fraction of sp³-hybridized carbons (Fsp3) is 0.571. The van der Waals surface area contributed by atoms with E-state index in [9.17, 15) is 0 Å². The summed E-state index contributed by atoms with van der Waals surface area (Å²) in [4.78, 5) is 1.70. The molecule has 0 aliphatic heterocycles. The van der Waals surface area contributed by atoms with Crippen molar-refractivity contribution >= 4 is 0 Å². The van der Waals surface area contributed by atoms with Crippen molar-refractivity contribution in [2.75, 3.05) is 12.5 Å². The van der Waals surface area contributed by atoms with E-state index >= 15 is 0 Å². The van der Waals surface area contributed by atoms with E-state index in [1.165, 1.54) is 0 Å². The van der Waals surface area contributed by atoms with Gasteiger partial charge in [0.15, 0.2) is 0 Å². The quantitative estimate of drug-likeness (QED) is 0.666. The van der Waals surface area contributed by atoms with Crippen LogP contribution in [0.2, 0.25) is 0 Å². The van der Waals surface area contributed by atoms with Crippen molar-refractivity contribution in [3.05, 3.63) is 18.0 Å². The maximum atomic E-state index is 4.23. The molecule has 0 aliphatic carbocycles. The molecule has 0 saturated carbocycles. The molecule has 1 aromatic heterocycles. The van der Waals surface area contributed by atoms with Crippen LogP contribution in [0, 0.1) is 0 Å². The second kappa shape index (κ2) is 2.73. The molecule has 0 aliphatic rings. The van der Waals surface area contributed by atoms with Crippen molar-refractivity contribution < 1.29 is 0 Å². The number of rotatable bonds is 2. The molecule has 0 aromatic carbocycles. The lowest BCUT2D eigenvalue weighted by Crippen LogP contribution is -2.09. The van der Waals surface area contributed by atoms with Gasteiger partial charge in [-0.15, -0.1) is 0 Å². The molecule has 0 spiro atoms. The molecule has 0 radical (unpaired) electrons. The molecule has 10 heavy (non-hydrogen) atoms. The van der Waals surface area contributed by atoms with Gasteiger partial charge in [-0.2, -0.15) is 9.89 Å². The van der Waals surface area contributed by atoms with Gasteiger partial charge in [-0.1, -0.05) is 13.8 Å². The summed E-state index contributed by atoms with van der Waals surface area (Å²) in [6, 6.07) is 2.02. The van der Waals surface area contributed by atoms with Gasteiger partial charge in [0, 0.05) is 13.2 Å². The first-order valence-corrected chi connectivity index (χ1v) is 3.47. The Balaban J connectivity index is 2.78. The van der Waals surface area contributed by atoms with Crippen LogP contribution in [0.25, 0.3) is 0 Å². The molecule has 0 amide bonds. The van der Waals surface area contributed by atoms with Gasteiger partial charge in [-0.25, -0.2) is 0 Å². The highest BCUT2D eigenvalue weighted by Crippen LogP contribution is 2.09. The summed E-state index contributed by atoms with van der Waals surface area (Å²) in [5.41, 5.74) is 4.03. The van der Waals surface area contributed by atoms with Crippen LogP contribution in [-0.2, 0) is 0 Å². The zero-order valence-corrected chi connectivity index (χ0v) is 6.63. The average molecular weight is 139 g/mol. The van der Waals surface area contributed by atoms with Crippen molar-refractivity contribution in [1.29, 1.82) is 0 Å². The van der Waals surface area contributed by atoms with E-state index in [1.54, 1.807) is 4.79 Å². The minimum Gasteiger partial charge on any atom is -0.313 e. The highest BCUT2D eigenvalue weighted by molar-refractivity contribution is 5.04. The Morgan fingerprint density at radius 1 is 1.60 bits per heavy atom. The van der Waals surface area contributed by atoms with E-state index in [1.807, 2.05) is 19.3 Å². The molecular formula is C7H13N3. The highest BCUT2D eigenvalue weighted by atomic mass is 15.5. The summed E-state index contributed by atoms with van der Waals surface area (Å²) in [5.74, 6) is 0.509. The van der Waals surface area contributed by atoms with Gasteiger partial charge in [0.05, 0.1) is 5.69 Å². The zero-order chi connectivity index (χ0) is 7.56. The van der Waals surface area contributed by atoms with Gasteiger partial charge >= 0.3 is 0 Å². The number of hydrogen-bond donors (Lipinski definition) is 1. The van der Waals surface area contributed by atoms with Crippen molar-refractivity contribution in [2.45, 2.75) is 19.8 Å². The maximum Gasteiger partial charge on any atom is 0.0670 e. The van der Waals surface area contributed by atoms with Gasteiger partial charge in [-0.05, 0) is 12.0 Å². The van der Waals surface area contributed by atoms with E-state index in [4.69, 9.17) is 0 Å². The Morgan fingerprint density at radius 3 is 2.60 bits per heavy atom. The van der Waals surface area contributed by atoms with Crippen molar-refractivity contribution in [3.8, 4) is 0 Å². The first kappa shape index (κ1) is 7.12. The first-order chi connectivity index (χ1) is 4.74. The maximum absolute atomic E-state index is 4.23. The van der Waals surface area contributed by atoms with Crippen LogP contribution in [0.5, 0.6) is 0 Å². The van der Waals surface area contributed by atoms with Crippen LogP contribution >= 0.6 is 0 Å². The molecule has 0 bridgehead atoms. The third-order valence-electron chi connectivity index (χ3n) is 1.43. The minimum absolute atomic E-state index is 0.509. The first-order valence-electron chi connectivity index (χ1n) is 3.47. The van der Waals surface area contributed by atoms with Gasteiger partial charge in [0.2, 0.25) is 0 Å². The van der Waals surface area contributed by atoms with Crippen molar-refractivity contribution in [2.24, 2.45) is 0 Å². The molecule has 3 nitrogen and oxygen atoms in total. The molecule has 0 fully saturated rings. The van der Waals surface area contributed by atoms with E-state index < -0.39 is 0 Å². The molecule has 1 aromatic rings. The molecule has 1 heterocycles. The monoisotopic (exact) mass is 139 g/mol. The molecule has 0 saturated heterocycles. The summed E-state index contributed by atoms with van der Waals surface area (Å²) in [5, 5.41) is 4.23. The normalized spacial score (nSPS) is 10.4. The molecule has 56 valence electrons. The molecule has 0 unspecified atom stereocenters. The van der Waals surface area contributed by atoms with Crippen LogP contribution in [0.15, 0.2) is 12.3 Å². The van der Waals surface area contributed by atoms with Crippen LogP contribution in [0.1, 0.15) is 25.5 Å². The van der Waals surface area contributed by atoms with Crippen LogP contribution < -0.4 is 5.43 Å². The SMILES string of the molecule is CNn1ccc(C(C)C)n1. The van der Waals surface area contributed by atoms with E-state index in [-0.39, 0.29) is 0 Å². The van der Waals surface area contributed by atoms with Gasteiger partial charge in [0.25, 0.3) is 0 Å². The van der Waals surface area contributed by atoms with Crippen molar-refractivity contribution in [1.82, 2.24) is 9.89 Å². The Hall–Kier alpha value is -0.990. The second-order valence-electron chi connectivity index (χ2n) is 2.56. The lowest BCUT2D eigenvalue weighted by molar-refractivity contribution is 0.723. The molecular weight excluding hydrogens is 126 g/mol. The predicted octanol–water partition coefficient (Wildman–Crippen LogP) is 1.18. The number of nitrogens with one attached hydrogen (secondary N) is 1. The summed E-state index contributed by atoms with van der Waals surface area (Å²) < 4.78 is 0. The van der Waals surface area contributed by atoms with Gasteiger partial charge in [-0.3, -0.25) is 0 Å². The number of nitrogens with zero attached hydrogens (tertiary/aromatic N) is 2. The third-order valence-corrected chi connectivity index (χ3v) is 1.43. The van der Waals surface area contributed by atoms with Gasteiger partial charge in [0.1, 0.15) is 0 Å². The van der Waals surface area contributed by atoms with E-state index in [2.05, 4.69) is 24.4 Å². The Morgan fingerprint density at radius 2 is 2.30 bits per heavy atom. The lowest BCUT2D eigenvalue weighted by atomic mass is 10.1. The standard InChI is InChI=1S/C7H13N3/c1-6(2)7-4-5-10(8-3)9-7/h4-6,8H,1-3H3. The molecule has 1 rings (SSSR count). The molecule has 3 heteroatoms. The summed E-state index contributed by atoms with van der Waals surface area (Å²) in [6.07, 6.45) is 1.91. The fourth-order valence-corrected chi connectivity index (χ4v) is 0.770. The van der Waals surface area contributed by atoms with Crippen molar-refractivity contribution in [3.63, 3.8) is 0 Å². The average Bonchev–Trinajstić information content (AvgIpc) is 2.34. The minimum atomic E-state index is 0.509. The van der Waals surface area contributed by atoms with E-state index in [0.29, 0.717) is 5.92 Å². The summed E-state index contributed by atoms with van der Waals surface area (Å²) in [6.45, 7) is 4.25. The third kappa shape index (κ3) is 1.29. The Bertz CT molecular complexity index is 202.